The zero-order valence-electron chi connectivity index (χ0n) is 51.6. The molecule has 8 aromatic carbocycles. The number of hydrogen-bond donors (Lipinski definition) is 0. The van der Waals surface area contributed by atoms with Crippen molar-refractivity contribution in [3.63, 3.8) is 0 Å². The predicted molar refractivity (Wildman–Crippen MR) is 355 cm³/mol. The van der Waals surface area contributed by atoms with E-state index in [-0.39, 0.29) is 44.6 Å². The van der Waals surface area contributed by atoms with Gasteiger partial charge >= 0.3 is 0 Å². The quantitative estimate of drug-likeness (QED) is 0.159. The summed E-state index contributed by atoms with van der Waals surface area (Å²) in [6.07, 6.45) is 4.67. The van der Waals surface area contributed by atoms with Gasteiger partial charge in [0.1, 0.15) is 0 Å². The third-order valence-corrected chi connectivity index (χ3v) is 21.0. The van der Waals surface area contributed by atoms with Gasteiger partial charge in [-0.15, -0.1) is 11.3 Å². The predicted octanol–water partition coefficient (Wildman–Crippen LogP) is 20.2. The molecule has 0 fully saturated rings. The van der Waals surface area contributed by atoms with Crippen molar-refractivity contribution < 1.29 is 0 Å². The summed E-state index contributed by atoms with van der Waals surface area (Å²) in [6, 6.07) is 60.5. The highest BCUT2D eigenvalue weighted by Crippen LogP contribution is 2.54. The fourth-order valence-electron chi connectivity index (χ4n) is 14.4. The highest BCUT2D eigenvalue weighted by Gasteiger charge is 2.48. The van der Waals surface area contributed by atoms with E-state index in [1.165, 1.54) is 122 Å². The van der Waals surface area contributed by atoms with E-state index in [2.05, 4.69) is 284 Å². The molecule has 2 aliphatic carbocycles. The normalized spacial score (nSPS) is 17.6. The van der Waals surface area contributed by atoms with Crippen LogP contribution in [0.2, 0.25) is 0 Å². The van der Waals surface area contributed by atoms with Crippen LogP contribution < -0.4 is 31.1 Å². The molecule has 9 aromatic rings. The van der Waals surface area contributed by atoms with Crippen molar-refractivity contribution in [3.8, 4) is 0 Å². The first kappa shape index (κ1) is 53.7. The molecular weight excluding hydrogens is 998 g/mol. The molecule has 4 aliphatic rings. The Labute approximate surface area is 489 Å². The topological polar surface area (TPSA) is 9.72 Å². The Morgan fingerprint density at radius 1 is 0.383 bits per heavy atom. The minimum atomic E-state index is -0.158. The van der Waals surface area contributed by atoms with Crippen molar-refractivity contribution in [3.05, 3.63) is 191 Å². The van der Waals surface area contributed by atoms with Crippen molar-refractivity contribution in [2.45, 2.75) is 181 Å². The standard InChI is InChI=1S/C76H84BN3S/c1-70(2,3)47-22-26-50(27-23-47)78(51-28-24-48(25-29-51)71(4,5)6)53-32-35-61-63(43-53)80(54-30-33-56-55-20-18-19-21-67(55)81-68(56)44-54)66-41-49(72(7,8)9)40-65-69(66)77(61)62-45-59-60(76(16,17)39-38-75(59,14)15)46-64(62)79(65)52-31-34-57-58(42-52)74(12,13)37-36-73(57,10)11/h18-35,40-46H,36-39H2,1-17H3. The lowest BCUT2D eigenvalue weighted by Crippen LogP contribution is -2.62. The van der Waals surface area contributed by atoms with Crippen LogP contribution in [0.25, 0.3) is 20.2 Å². The van der Waals surface area contributed by atoms with E-state index in [0.29, 0.717) is 0 Å². The molecule has 3 nitrogen and oxygen atoms in total. The summed E-state index contributed by atoms with van der Waals surface area (Å²) in [5, 5.41) is 2.63. The van der Waals surface area contributed by atoms with Gasteiger partial charge in [0.15, 0.2) is 0 Å². The summed E-state index contributed by atoms with van der Waals surface area (Å²) in [4.78, 5) is 7.90. The van der Waals surface area contributed by atoms with Crippen LogP contribution in [0.4, 0.5) is 51.2 Å². The molecule has 0 amide bonds. The van der Waals surface area contributed by atoms with Gasteiger partial charge in [0, 0.05) is 71.4 Å². The Morgan fingerprint density at radius 2 is 0.840 bits per heavy atom. The van der Waals surface area contributed by atoms with Gasteiger partial charge in [0.2, 0.25) is 0 Å². The van der Waals surface area contributed by atoms with Crippen LogP contribution in [0.15, 0.2) is 152 Å². The molecule has 0 radical (unpaired) electrons. The second kappa shape index (κ2) is 18.0. The number of thiophene rings is 1. The molecule has 13 rings (SSSR count). The summed E-state index contributed by atoms with van der Waals surface area (Å²) in [7, 11) is 0. The molecule has 0 saturated carbocycles. The molecular formula is C76H84BN3S. The van der Waals surface area contributed by atoms with Gasteiger partial charge in [0.25, 0.3) is 6.71 Å². The van der Waals surface area contributed by atoms with E-state index in [0.717, 1.165) is 29.9 Å². The van der Waals surface area contributed by atoms with Crippen LogP contribution in [0.1, 0.15) is 182 Å². The van der Waals surface area contributed by atoms with Gasteiger partial charge in [-0.05, 0) is 204 Å². The third-order valence-electron chi connectivity index (χ3n) is 19.8. The molecule has 412 valence electrons. The third kappa shape index (κ3) is 8.71. The Balaban J connectivity index is 1.13. The minimum absolute atomic E-state index is 0.0178. The van der Waals surface area contributed by atoms with E-state index in [1.807, 2.05) is 11.3 Å². The Hall–Kier alpha value is -6.56. The van der Waals surface area contributed by atoms with Crippen molar-refractivity contribution in [1.82, 2.24) is 0 Å². The lowest BCUT2D eigenvalue weighted by molar-refractivity contribution is 0.332. The molecule has 0 bridgehead atoms. The number of benzene rings is 8. The summed E-state index contributed by atoms with van der Waals surface area (Å²) in [5.74, 6) is 0. The zero-order chi connectivity index (χ0) is 57.3. The number of nitrogens with zero attached hydrogens (tertiary/aromatic N) is 3. The smallest absolute Gasteiger partial charge is 0.252 e. The van der Waals surface area contributed by atoms with Crippen LogP contribution in [-0.2, 0) is 37.9 Å². The fourth-order valence-corrected chi connectivity index (χ4v) is 15.5. The van der Waals surface area contributed by atoms with Crippen LogP contribution in [0.3, 0.4) is 0 Å². The Bertz CT molecular complexity index is 3960. The van der Waals surface area contributed by atoms with E-state index in [4.69, 9.17) is 0 Å². The molecule has 0 atom stereocenters. The van der Waals surface area contributed by atoms with Crippen molar-refractivity contribution >= 4 is 106 Å². The maximum Gasteiger partial charge on any atom is 0.252 e. The van der Waals surface area contributed by atoms with Gasteiger partial charge in [-0.1, -0.05) is 184 Å². The van der Waals surface area contributed by atoms with Crippen LogP contribution >= 0.6 is 11.3 Å². The van der Waals surface area contributed by atoms with Gasteiger partial charge in [-0.25, -0.2) is 0 Å². The van der Waals surface area contributed by atoms with Crippen molar-refractivity contribution in [2.75, 3.05) is 14.7 Å². The Kier molecular flexibility index (Phi) is 11.9. The molecule has 2 aliphatic heterocycles. The van der Waals surface area contributed by atoms with E-state index in [9.17, 15) is 0 Å². The van der Waals surface area contributed by atoms with Crippen LogP contribution in [-0.4, -0.2) is 6.71 Å². The van der Waals surface area contributed by atoms with Gasteiger partial charge in [-0.2, -0.15) is 0 Å². The van der Waals surface area contributed by atoms with E-state index >= 15 is 0 Å². The molecule has 3 heterocycles. The van der Waals surface area contributed by atoms with Gasteiger partial charge < -0.3 is 14.7 Å². The second-order valence-electron chi connectivity index (χ2n) is 30.5. The maximum absolute atomic E-state index is 2.73. The van der Waals surface area contributed by atoms with Gasteiger partial charge in [0.05, 0.1) is 0 Å². The average Bonchev–Trinajstić information content (AvgIpc) is 2.98. The van der Waals surface area contributed by atoms with Crippen LogP contribution in [0, 0.1) is 0 Å². The summed E-state index contributed by atoms with van der Waals surface area (Å²) in [6.45, 7) is 40.9. The minimum Gasteiger partial charge on any atom is -0.311 e. The lowest BCUT2D eigenvalue weighted by atomic mass is 9.33. The highest BCUT2D eigenvalue weighted by atomic mass is 32.1. The fraction of sp³-hybridized carbons (Fsp3) is 0.368. The van der Waals surface area contributed by atoms with Crippen LogP contribution in [0.5, 0.6) is 0 Å². The van der Waals surface area contributed by atoms with Gasteiger partial charge in [-0.3, -0.25) is 0 Å². The first-order chi connectivity index (χ1) is 38.0. The Morgan fingerprint density at radius 3 is 1.40 bits per heavy atom. The summed E-state index contributed by atoms with van der Waals surface area (Å²) in [5.41, 5.74) is 25.1. The molecule has 5 heteroatoms. The first-order valence-electron chi connectivity index (χ1n) is 30.2. The molecule has 0 unspecified atom stereocenters. The number of rotatable bonds is 5. The monoisotopic (exact) mass is 1080 g/mol. The largest absolute Gasteiger partial charge is 0.311 e. The van der Waals surface area contributed by atoms with Crippen molar-refractivity contribution in [2.24, 2.45) is 0 Å². The first-order valence-corrected chi connectivity index (χ1v) is 31.0. The van der Waals surface area contributed by atoms with E-state index < -0.39 is 0 Å². The molecule has 1 aromatic heterocycles. The summed E-state index contributed by atoms with van der Waals surface area (Å²) < 4.78 is 2.62. The molecule has 81 heavy (non-hydrogen) atoms. The summed E-state index contributed by atoms with van der Waals surface area (Å²) >= 11 is 1.91. The molecule has 0 N–H and O–H groups in total. The number of anilines is 9. The maximum atomic E-state index is 2.73. The van der Waals surface area contributed by atoms with Crippen molar-refractivity contribution in [1.29, 1.82) is 0 Å². The zero-order valence-corrected chi connectivity index (χ0v) is 52.4. The number of hydrogen-bond acceptors (Lipinski definition) is 4. The number of fused-ring (bicyclic) bond motifs is 9. The molecule has 0 spiro atoms. The lowest BCUT2D eigenvalue weighted by Gasteiger charge is -2.48. The SMILES string of the molecule is CC(C)(C)c1ccc(N(c2ccc(C(C)(C)C)cc2)c2ccc3c(c2)N(c2ccc4c(c2)sc2ccccc24)c2cc(C(C)(C)C)cc4c2B3c2cc3c(cc2N4c2ccc4c(c2)C(C)(C)CCC4(C)C)C(C)(C)CCC3(C)C)cc1. The average molecular weight is 1080 g/mol. The molecule has 0 saturated heterocycles. The second-order valence-corrected chi connectivity index (χ2v) is 31.5. The highest BCUT2D eigenvalue weighted by molar-refractivity contribution is 7.25. The van der Waals surface area contributed by atoms with E-state index in [1.54, 1.807) is 0 Å².